The minimum atomic E-state index is -1.21. The number of carbonyl (C=O) groups is 3. The van der Waals surface area contributed by atoms with Crippen LogP contribution in [0.5, 0.6) is 0 Å². The van der Waals surface area contributed by atoms with Crippen LogP contribution in [-0.4, -0.2) is 36.1 Å². The van der Waals surface area contributed by atoms with Crippen molar-refractivity contribution >= 4 is 17.8 Å². The number of ether oxygens (including phenoxy) is 1. The number of rotatable bonds is 6. The zero-order chi connectivity index (χ0) is 14.7. The molecule has 0 aromatic carbocycles. The monoisotopic (exact) mass is 283 g/mol. The molecule has 2 bridgehead atoms. The third kappa shape index (κ3) is 3.49. The number of aliphatic carboxylic acids is 1. The second kappa shape index (κ2) is 6.24. The zero-order valence-electron chi connectivity index (χ0n) is 11.6. The first-order valence-corrected chi connectivity index (χ1v) is 7.08. The van der Waals surface area contributed by atoms with Crippen molar-refractivity contribution in [3.05, 3.63) is 0 Å². The van der Waals surface area contributed by atoms with Crippen LogP contribution in [0.2, 0.25) is 0 Å². The average molecular weight is 283 g/mol. The maximum Gasteiger partial charge on any atom is 0.326 e. The smallest absolute Gasteiger partial charge is 0.326 e. The van der Waals surface area contributed by atoms with Crippen LogP contribution in [0.15, 0.2) is 0 Å². The summed E-state index contributed by atoms with van der Waals surface area (Å²) in [6.07, 6.45) is 4.77. The van der Waals surface area contributed by atoms with Crippen molar-refractivity contribution < 1.29 is 24.2 Å². The van der Waals surface area contributed by atoms with Crippen molar-refractivity contribution in [1.29, 1.82) is 0 Å². The third-order valence-corrected chi connectivity index (χ3v) is 4.56. The van der Waals surface area contributed by atoms with E-state index in [1.165, 1.54) is 26.4 Å². The Labute approximate surface area is 117 Å². The Balaban J connectivity index is 1.82. The first kappa shape index (κ1) is 14.8. The Kier molecular flexibility index (Phi) is 4.62. The standard InChI is InChI=1S/C14H21NO5/c1-20-13(17)7-11(14(18)19)15-12(16)6-10-5-8-2-3-9(10)4-8/h8-11H,2-7H2,1H3,(H,15,16)(H,18,19)/t8?,9?,10?,11-/m0/s1. The van der Waals surface area contributed by atoms with E-state index in [0.29, 0.717) is 18.3 Å². The molecule has 0 spiro atoms. The summed E-state index contributed by atoms with van der Waals surface area (Å²) >= 11 is 0. The van der Waals surface area contributed by atoms with Crippen molar-refractivity contribution in [2.45, 2.75) is 44.6 Å². The molecule has 0 saturated heterocycles. The Bertz CT molecular complexity index is 408. The molecule has 2 N–H and O–H groups in total. The first-order valence-electron chi connectivity index (χ1n) is 7.08. The summed E-state index contributed by atoms with van der Waals surface area (Å²) in [5.41, 5.74) is 0. The fourth-order valence-electron chi connectivity index (χ4n) is 3.57. The average Bonchev–Trinajstić information content (AvgIpc) is 2.99. The van der Waals surface area contributed by atoms with Gasteiger partial charge < -0.3 is 15.2 Å². The molecule has 2 aliphatic carbocycles. The number of hydrogen-bond donors (Lipinski definition) is 2. The van der Waals surface area contributed by atoms with E-state index in [2.05, 4.69) is 10.1 Å². The largest absolute Gasteiger partial charge is 0.480 e. The van der Waals surface area contributed by atoms with Crippen molar-refractivity contribution in [3.63, 3.8) is 0 Å². The summed E-state index contributed by atoms with van der Waals surface area (Å²) in [7, 11) is 1.19. The molecule has 6 heteroatoms. The van der Waals surface area contributed by atoms with Gasteiger partial charge in [-0.3, -0.25) is 9.59 Å². The number of fused-ring (bicyclic) bond motifs is 2. The molecule has 6 nitrogen and oxygen atoms in total. The van der Waals surface area contributed by atoms with Crippen LogP contribution in [0, 0.1) is 17.8 Å². The van der Waals surface area contributed by atoms with E-state index in [1.54, 1.807) is 0 Å². The van der Waals surface area contributed by atoms with Gasteiger partial charge in [-0.2, -0.15) is 0 Å². The Morgan fingerprint density at radius 1 is 1.30 bits per heavy atom. The summed E-state index contributed by atoms with van der Waals surface area (Å²) in [6, 6.07) is -1.20. The van der Waals surface area contributed by atoms with E-state index in [1.807, 2.05) is 0 Å². The van der Waals surface area contributed by atoms with Gasteiger partial charge in [0.15, 0.2) is 0 Å². The van der Waals surface area contributed by atoms with E-state index < -0.39 is 18.0 Å². The summed E-state index contributed by atoms with van der Waals surface area (Å²) < 4.78 is 4.43. The van der Waals surface area contributed by atoms with Gasteiger partial charge in [-0.25, -0.2) is 4.79 Å². The van der Waals surface area contributed by atoms with Crippen LogP contribution >= 0.6 is 0 Å². The second-order valence-electron chi connectivity index (χ2n) is 5.88. The molecule has 2 fully saturated rings. The highest BCUT2D eigenvalue weighted by Gasteiger charge is 2.40. The first-order chi connectivity index (χ1) is 9.49. The normalized spacial score (nSPS) is 28.9. The van der Waals surface area contributed by atoms with E-state index >= 15 is 0 Å². The fraction of sp³-hybridized carbons (Fsp3) is 0.786. The number of esters is 1. The maximum absolute atomic E-state index is 11.9. The van der Waals surface area contributed by atoms with Gasteiger partial charge in [0, 0.05) is 6.42 Å². The van der Waals surface area contributed by atoms with Crippen molar-refractivity contribution in [3.8, 4) is 0 Å². The van der Waals surface area contributed by atoms with Crippen LogP contribution in [0.4, 0.5) is 0 Å². The SMILES string of the molecule is COC(=O)C[C@H](NC(=O)CC1CC2CCC1C2)C(=O)O. The number of nitrogens with one attached hydrogen (secondary N) is 1. The van der Waals surface area contributed by atoms with Gasteiger partial charge in [-0.15, -0.1) is 0 Å². The summed E-state index contributed by atoms with van der Waals surface area (Å²) in [5.74, 6) is -0.382. The van der Waals surface area contributed by atoms with Gasteiger partial charge in [0.25, 0.3) is 0 Å². The summed E-state index contributed by atoms with van der Waals surface area (Å²) in [6.45, 7) is 0. The van der Waals surface area contributed by atoms with Gasteiger partial charge in [0.2, 0.25) is 5.91 Å². The topological polar surface area (TPSA) is 92.7 Å². The molecular weight excluding hydrogens is 262 g/mol. The number of methoxy groups -OCH3 is 1. The molecule has 0 aliphatic heterocycles. The van der Waals surface area contributed by atoms with Gasteiger partial charge >= 0.3 is 11.9 Å². The molecular formula is C14H21NO5. The number of hydrogen-bond acceptors (Lipinski definition) is 4. The minimum Gasteiger partial charge on any atom is -0.480 e. The Hall–Kier alpha value is -1.59. The lowest BCUT2D eigenvalue weighted by atomic mass is 9.86. The molecule has 0 radical (unpaired) electrons. The fourth-order valence-corrected chi connectivity index (χ4v) is 3.57. The second-order valence-corrected chi connectivity index (χ2v) is 5.88. The number of carboxylic acid groups (broad SMARTS) is 1. The molecule has 4 atom stereocenters. The van der Waals surface area contributed by atoms with Gasteiger partial charge in [-0.1, -0.05) is 6.42 Å². The molecule has 3 unspecified atom stereocenters. The van der Waals surface area contributed by atoms with Crippen molar-refractivity contribution in [1.82, 2.24) is 5.32 Å². The zero-order valence-corrected chi connectivity index (χ0v) is 11.6. The summed E-state index contributed by atoms with van der Waals surface area (Å²) in [4.78, 5) is 34.1. The summed E-state index contributed by atoms with van der Waals surface area (Å²) in [5, 5.41) is 11.4. The van der Waals surface area contributed by atoms with E-state index in [4.69, 9.17) is 5.11 Å². The lowest BCUT2D eigenvalue weighted by Crippen LogP contribution is -2.43. The van der Waals surface area contributed by atoms with Crippen LogP contribution in [0.3, 0.4) is 0 Å². The number of carbonyl (C=O) groups excluding carboxylic acids is 2. The molecule has 0 heterocycles. The molecule has 2 saturated carbocycles. The van der Waals surface area contributed by atoms with Gasteiger partial charge in [0.1, 0.15) is 6.04 Å². The number of carboxylic acids is 1. The van der Waals surface area contributed by atoms with E-state index in [-0.39, 0.29) is 12.3 Å². The Morgan fingerprint density at radius 3 is 2.55 bits per heavy atom. The quantitative estimate of drug-likeness (QED) is 0.708. The maximum atomic E-state index is 11.9. The molecule has 2 aliphatic rings. The highest BCUT2D eigenvalue weighted by atomic mass is 16.5. The molecule has 20 heavy (non-hydrogen) atoms. The highest BCUT2D eigenvalue weighted by Crippen LogP contribution is 2.49. The van der Waals surface area contributed by atoms with E-state index in [0.717, 1.165) is 12.3 Å². The molecule has 0 aromatic heterocycles. The number of amides is 1. The Morgan fingerprint density at radius 2 is 2.05 bits per heavy atom. The van der Waals surface area contributed by atoms with Crippen LogP contribution in [0.1, 0.15) is 38.5 Å². The van der Waals surface area contributed by atoms with Crippen molar-refractivity contribution in [2.24, 2.45) is 17.8 Å². The van der Waals surface area contributed by atoms with Gasteiger partial charge in [-0.05, 0) is 37.0 Å². The van der Waals surface area contributed by atoms with Crippen molar-refractivity contribution in [2.75, 3.05) is 7.11 Å². The van der Waals surface area contributed by atoms with Crippen LogP contribution in [0.25, 0.3) is 0 Å². The van der Waals surface area contributed by atoms with Gasteiger partial charge in [0.05, 0.1) is 13.5 Å². The molecule has 112 valence electrons. The van der Waals surface area contributed by atoms with Crippen LogP contribution in [-0.2, 0) is 19.1 Å². The third-order valence-electron chi connectivity index (χ3n) is 4.56. The predicted molar refractivity (Wildman–Crippen MR) is 69.8 cm³/mol. The molecule has 2 rings (SSSR count). The minimum absolute atomic E-state index is 0.279. The molecule has 1 amide bonds. The van der Waals surface area contributed by atoms with E-state index in [9.17, 15) is 14.4 Å². The lowest BCUT2D eigenvalue weighted by molar-refractivity contribution is -0.148. The highest BCUT2D eigenvalue weighted by molar-refractivity contribution is 5.87. The molecule has 0 aromatic rings. The predicted octanol–water partition coefficient (Wildman–Crippen LogP) is 0.945. The van der Waals surface area contributed by atoms with Crippen LogP contribution < -0.4 is 5.32 Å². The lowest BCUT2D eigenvalue weighted by Gasteiger charge is -2.22.